The van der Waals surface area contributed by atoms with Gasteiger partial charge in [0, 0.05) is 0 Å². The van der Waals surface area contributed by atoms with Gasteiger partial charge in [-0.1, -0.05) is 289 Å². The number of nitrogens with one attached hydrogen (secondary N) is 1. The molecule has 0 radical (unpaired) electrons. The smallest absolute Gasteiger partial charge is 0.249 e. The Balaban J connectivity index is 3.56. The minimum absolute atomic E-state index is 0.358. The van der Waals surface area contributed by atoms with E-state index in [1.165, 1.54) is 244 Å². The van der Waals surface area contributed by atoms with Crippen LogP contribution in [-0.2, 0) is 4.79 Å². The normalized spacial score (nSPS) is 13.4. The van der Waals surface area contributed by atoms with Gasteiger partial charge in [-0.3, -0.25) is 4.79 Å². The molecule has 4 N–H and O–H groups in total. The van der Waals surface area contributed by atoms with Gasteiger partial charge >= 0.3 is 0 Å². The molecule has 5 nitrogen and oxygen atoms in total. The summed E-state index contributed by atoms with van der Waals surface area (Å²) < 4.78 is 0. The van der Waals surface area contributed by atoms with E-state index in [4.69, 9.17) is 0 Å². The molecule has 0 fully saturated rings. The molecule has 3 unspecified atom stereocenters. The summed E-state index contributed by atoms with van der Waals surface area (Å²) in [5.74, 6) is -0.496. The number of hydrogen-bond acceptors (Lipinski definition) is 4. The zero-order chi connectivity index (χ0) is 42.3. The minimum atomic E-state index is -1.09. The first-order valence-corrected chi connectivity index (χ1v) is 26.5. The van der Waals surface area contributed by atoms with Crippen LogP contribution >= 0.6 is 0 Å². The quantitative estimate of drug-likeness (QED) is 0.0364. The van der Waals surface area contributed by atoms with Crippen LogP contribution in [0.1, 0.15) is 296 Å². The molecule has 0 spiro atoms. The van der Waals surface area contributed by atoms with Gasteiger partial charge in [0.1, 0.15) is 6.10 Å². The van der Waals surface area contributed by atoms with Crippen LogP contribution in [-0.4, -0.2) is 46.1 Å². The molecule has 5 heteroatoms. The third-order valence-corrected chi connectivity index (χ3v) is 12.6. The summed E-state index contributed by atoms with van der Waals surface area (Å²) in [4.78, 5) is 12.5. The number of rotatable bonds is 49. The lowest BCUT2D eigenvalue weighted by Gasteiger charge is -2.21. The van der Waals surface area contributed by atoms with E-state index >= 15 is 0 Å². The average molecular weight is 820 g/mol. The fourth-order valence-corrected chi connectivity index (χ4v) is 8.48. The van der Waals surface area contributed by atoms with E-state index in [2.05, 4.69) is 19.2 Å². The largest absolute Gasteiger partial charge is 0.394 e. The summed E-state index contributed by atoms with van der Waals surface area (Å²) in [6.45, 7) is 4.22. The molecule has 0 aliphatic heterocycles. The highest BCUT2D eigenvalue weighted by Gasteiger charge is 2.22. The molecule has 0 heterocycles. The molecule has 0 aliphatic carbocycles. The van der Waals surface area contributed by atoms with Crippen molar-refractivity contribution < 1.29 is 20.1 Å². The molecule has 0 bridgehead atoms. The number of hydrogen-bond donors (Lipinski definition) is 4. The highest BCUT2D eigenvalue weighted by atomic mass is 16.3. The Kier molecular flexibility index (Phi) is 48.0. The number of carbonyl (C=O) groups excluding carboxylic acids is 1. The third kappa shape index (κ3) is 43.2. The van der Waals surface area contributed by atoms with Crippen LogP contribution in [0.5, 0.6) is 0 Å². The van der Waals surface area contributed by atoms with Crippen molar-refractivity contribution in [1.29, 1.82) is 0 Å². The van der Waals surface area contributed by atoms with E-state index < -0.39 is 24.2 Å². The predicted molar refractivity (Wildman–Crippen MR) is 255 cm³/mol. The Morgan fingerprint density at radius 1 is 0.414 bits per heavy atom. The molecule has 3 atom stereocenters. The van der Waals surface area contributed by atoms with E-state index in [1.54, 1.807) is 6.08 Å². The maximum Gasteiger partial charge on any atom is 0.249 e. The molecule has 0 aromatic carbocycles. The van der Waals surface area contributed by atoms with Crippen molar-refractivity contribution in [3.8, 4) is 0 Å². The highest BCUT2D eigenvalue weighted by molar-refractivity contribution is 5.80. The highest BCUT2D eigenvalue weighted by Crippen LogP contribution is 2.18. The topological polar surface area (TPSA) is 89.8 Å². The van der Waals surface area contributed by atoms with Crippen LogP contribution in [0.4, 0.5) is 0 Å². The number of carbonyl (C=O) groups is 1. The van der Waals surface area contributed by atoms with Gasteiger partial charge < -0.3 is 20.6 Å². The first-order chi connectivity index (χ1) is 28.6. The molecule has 0 aromatic rings. The first-order valence-electron chi connectivity index (χ1n) is 26.5. The Bertz CT molecular complexity index is 818. The lowest BCUT2D eigenvalue weighted by atomic mass is 10.0. The van der Waals surface area contributed by atoms with Crippen LogP contribution in [0.2, 0.25) is 0 Å². The second-order valence-electron chi connectivity index (χ2n) is 18.5. The van der Waals surface area contributed by atoms with E-state index in [1.807, 2.05) is 6.08 Å². The molecule has 0 aliphatic rings. The second-order valence-corrected chi connectivity index (χ2v) is 18.5. The Labute approximate surface area is 363 Å². The van der Waals surface area contributed by atoms with E-state index in [0.717, 1.165) is 32.1 Å². The van der Waals surface area contributed by atoms with Gasteiger partial charge in [-0.25, -0.2) is 0 Å². The van der Waals surface area contributed by atoms with Crippen LogP contribution in [0.25, 0.3) is 0 Å². The van der Waals surface area contributed by atoms with Gasteiger partial charge in [-0.2, -0.15) is 0 Å². The Morgan fingerprint density at radius 2 is 0.672 bits per heavy atom. The van der Waals surface area contributed by atoms with Gasteiger partial charge in [0.15, 0.2) is 0 Å². The SMILES string of the molecule is CCCCCCCCCCCCCCCCCCCCC/C=C/C(O)C(CO)NC(=O)C(O)CCCCCCCCCCCCCCCCCCCCCCCCC. The molecule has 0 rings (SSSR count). The molecule has 0 saturated heterocycles. The zero-order valence-electron chi connectivity index (χ0n) is 39.5. The fraction of sp³-hybridized carbons (Fsp3) is 0.943. The third-order valence-electron chi connectivity index (χ3n) is 12.6. The summed E-state index contributed by atoms with van der Waals surface area (Å²) in [6, 6.07) is -0.794. The molecule has 346 valence electrons. The van der Waals surface area contributed by atoms with Crippen molar-refractivity contribution in [2.45, 2.75) is 315 Å². The first kappa shape index (κ1) is 57.1. The van der Waals surface area contributed by atoms with E-state index in [9.17, 15) is 20.1 Å². The van der Waals surface area contributed by atoms with Crippen LogP contribution in [0.15, 0.2) is 12.2 Å². The van der Waals surface area contributed by atoms with Gasteiger partial charge in [0.25, 0.3) is 0 Å². The molecule has 58 heavy (non-hydrogen) atoms. The van der Waals surface area contributed by atoms with Crippen molar-refractivity contribution in [2.24, 2.45) is 0 Å². The number of allylic oxidation sites excluding steroid dienone is 1. The monoisotopic (exact) mass is 820 g/mol. The summed E-state index contributed by atoms with van der Waals surface area (Å²) in [6.07, 6.45) is 59.9. The fourth-order valence-electron chi connectivity index (χ4n) is 8.48. The molecular formula is C53H105NO4. The average Bonchev–Trinajstić information content (AvgIpc) is 3.23. The van der Waals surface area contributed by atoms with Crippen molar-refractivity contribution in [3.63, 3.8) is 0 Å². The molecule has 0 aromatic heterocycles. The second kappa shape index (κ2) is 48.8. The van der Waals surface area contributed by atoms with Crippen LogP contribution in [0.3, 0.4) is 0 Å². The van der Waals surface area contributed by atoms with Crippen molar-refractivity contribution >= 4 is 5.91 Å². The summed E-state index contributed by atoms with van der Waals surface area (Å²) in [5, 5.41) is 33.3. The summed E-state index contributed by atoms with van der Waals surface area (Å²) in [7, 11) is 0. The molecule has 1 amide bonds. The van der Waals surface area contributed by atoms with Crippen molar-refractivity contribution in [2.75, 3.05) is 6.61 Å². The molecule has 0 saturated carbocycles. The summed E-state index contributed by atoms with van der Waals surface area (Å²) in [5.41, 5.74) is 0. The van der Waals surface area contributed by atoms with Gasteiger partial charge in [0.2, 0.25) is 5.91 Å². The summed E-state index contributed by atoms with van der Waals surface area (Å²) >= 11 is 0. The van der Waals surface area contributed by atoms with Gasteiger partial charge in [0.05, 0.1) is 18.8 Å². The number of aliphatic hydroxyl groups is 3. The molecular weight excluding hydrogens is 715 g/mol. The lowest BCUT2D eigenvalue weighted by molar-refractivity contribution is -0.131. The maximum atomic E-state index is 12.5. The maximum absolute atomic E-state index is 12.5. The Hall–Kier alpha value is -0.910. The standard InChI is InChI=1S/C53H105NO4/c1-3-5-7-9-11-13-15-17-19-21-23-25-26-28-30-32-34-36-38-40-42-44-46-48-52(57)53(58)54-50(49-55)51(56)47-45-43-41-39-37-35-33-31-29-27-24-22-20-18-16-14-12-10-8-6-4-2/h45,47,50-52,55-57H,3-44,46,48-49H2,1-2H3,(H,54,58)/b47-45+. The predicted octanol–water partition coefficient (Wildman–Crippen LogP) is 15.9. The van der Waals surface area contributed by atoms with Gasteiger partial charge in [-0.05, 0) is 19.3 Å². The van der Waals surface area contributed by atoms with E-state index in [-0.39, 0.29) is 6.61 Å². The zero-order valence-corrected chi connectivity index (χ0v) is 39.5. The van der Waals surface area contributed by atoms with Crippen molar-refractivity contribution in [3.05, 3.63) is 12.2 Å². The number of unbranched alkanes of at least 4 members (excludes halogenated alkanes) is 41. The number of amides is 1. The Morgan fingerprint density at radius 3 is 0.948 bits per heavy atom. The number of aliphatic hydroxyl groups excluding tert-OH is 3. The minimum Gasteiger partial charge on any atom is -0.394 e. The van der Waals surface area contributed by atoms with Crippen LogP contribution in [0, 0.1) is 0 Å². The van der Waals surface area contributed by atoms with E-state index in [0.29, 0.717) is 6.42 Å². The lowest BCUT2D eigenvalue weighted by Crippen LogP contribution is -2.48. The van der Waals surface area contributed by atoms with Gasteiger partial charge in [-0.15, -0.1) is 0 Å². The van der Waals surface area contributed by atoms with Crippen molar-refractivity contribution in [1.82, 2.24) is 5.32 Å². The van der Waals surface area contributed by atoms with Crippen LogP contribution < -0.4 is 5.32 Å².